The molecule has 0 saturated heterocycles. The average Bonchev–Trinajstić information content (AvgIpc) is 3.21. The van der Waals surface area contributed by atoms with Crippen LogP contribution in [0.3, 0.4) is 0 Å². The van der Waals surface area contributed by atoms with E-state index in [1.807, 2.05) is 47.5 Å². The number of pyridine rings is 2. The molecule has 1 N–H and O–H groups in total. The largest absolute Gasteiger partial charge is 0.323 e. The second-order valence-electron chi connectivity index (χ2n) is 7.15. The molecule has 0 aliphatic heterocycles. The van der Waals surface area contributed by atoms with Gasteiger partial charge in [0, 0.05) is 35.9 Å². The molecule has 148 valence electrons. The fraction of sp³-hybridized carbons (Fsp3) is 0.286. The van der Waals surface area contributed by atoms with Crippen molar-refractivity contribution in [1.82, 2.24) is 29.9 Å². The van der Waals surface area contributed by atoms with Gasteiger partial charge in [-0.15, -0.1) is 16.7 Å². The molecular formula is C21H22ClN7. The Morgan fingerprint density at radius 1 is 1.03 bits per heavy atom. The third-order valence-corrected chi connectivity index (χ3v) is 4.89. The number of aryl methyl sites for hydroxylation is 1. The maximum atomic E-state index is 5.76. The van der Waals surface area contributed by atoms with Crippen LogP contribution in [0.15, 0.2) is 49.1 Å². The predicted molar refractivity (Wildman–Crippen MR) is 115 cm³/mol. The van der Waals surface area contributed by atoms with Gasteiger partial charge < -0.3 is 5.32 Å². The van der Waals surface area contributed by atoms with Crippen LogP contribution in [0.1, 0.15) is 31.7 Å². The second-order valence-corrected chi connectivity index (χ2v) is 7.53. The first-order valence-corrected chi connectivity index (χ1v) is 10.1. The minimum Gasteiger partial charge on any atom is -0.323 e. The van der Waals surface area contributed by atoms with Crippen molar-refractivity contribution in [3.8, 4) is 11.1 Å². The molecule has 0 fully saturated rings. The Morgan fingerprint density at radius 2 is 1.93 bits per heavy atom. The molecule has 0 aromatic carbocycles. The van der Waals surface area contributed by atoms with Crippen molar-refractivity contribution in [3.63, 3.8) is 0 Å². The van der Waals surface area contributed by atoms with Gasteiger partial charge >= 0.3 is 0 Å². The first kappa shape index (κ1) is 19.3. The zero-order valence-electron chi connectivity index (χ0n) is 16.4. The molecule has 0 atom stereocenters. The van der Waals surface area contributed by atoms with Crippen LogP contribution in [-0.2, 0) is 6.54 Å². The second kappa shape index (κ2) is 8.53. The zero-order chi connectivity index (χ0) is 20.2. The lowest BCUT2D eigenvalue weighted by Crippen LogP contribution is -2.00. The molecule has 0 unspecified atom stereocenters. The van der Waals surface area contributed by atoms with E-state index in [9.17, 15) is 0 Å². The topological polar surface area (TPSA) is 81.4 Å². The first-order chi connectivity index (χ1) is 14.1. The summed E-state index contributed by atoms with van der Waals surface area (Å²) < 4.78 is 1.90. The summed E-state index contributed by atoms with van der Waals surface area (Å²) in [5, 5.41) is 15.8. The van der Waals surface area contributed by atoms with Gasteiger partial charge in [-0.25, -0.2) is 4.98 Å². The number of nitrogens with one attached hydrogen (secondary N) is 1. The SMILES string of the molecule is CC(C)c1cnnc(Nc2ccc3ncc(-c4cnn(CCCCl)c4)cc3n2)c1. The van der Waals surface area contributed by atoms with Crippen molar-refractivity contribution < 1.29 is 0 Å². The van der Waals surface area contributed by atoms with Gasteiger partial charge in [0.25, 0.3) is 0 Å². The molecule has 29 heavy (non-hydrogen) atoms. The Balaban J connectivity index is 1.60. The standard InChI is InChI=1S/C21H22ClN7/c1-14(2)15-9-21(28-24-11-15)27-20-5-4-18-19(26-20)8-16(10-23-18)17-12-25-29(13-17)7-3-6-22/h4-5,8-14H,3,6-7H2,1-2H3,(H,26,27,28). The Morgan fingerprint density at radius 3 is 2.76 bits per heavy atom. The third-order valence-electron chi connectivity index (χ3n) is 4.62. The zero-order valence-corrected chi connectivity index (χ0v) is 17.1. The number of fused-ring (bicyclic) bond motifs is 1. The number of anilines is 2. The van der Waals surface area contributed by atoms with Gasteiger partial charge in [-0.1, -0.05) is 13.8 Å². The minimum atomic E-state index is 0.382. The monoisotopic (exact) mass is 407 g/mol. The summed E-state index contributed by atoms with van der Waals surface area (Å²) in [4.78, 5) is 9.24. The Bertz CT molecular complexity index is 1120. The lowest BCUT2D eigenvalue weighted by atomic mass is 10.1. The highest BCUT2D eigenvalue weighted by Crippen LogP contribution is 2.24. The lowest BCUT2D eigenvalue weighted by molar-refractivity contribution is 0.605. The van der Waals surface area contributed by atoms with E-state index in [-0.39, 0.29) is 0 Å². The fourth-order valence-electron chi connectivity index (χ4n) is 2.98. The number of aromatic nitrogens is 6. The van der Waals surface area contributed by atoms with Crippen LogP contribution < -0.4 is 5.32 Å². The van der Waals surface area contributed by atoms with E-state index < -0.39 is 0 Å². The molecule has 0 spiro atoms. The molecule has 0 aliphatic carbocycles. The molecule has 7 nitrogen and oxygen atoms in total. The summed E-state index contributed by atoms with van der Waals surface area (Å²) in [6.45, 7) is 5.05. The normalized spacial score (nSPS) is 11.3. The molecular weight excluding hydrogens is 386 g/mol. The van der Waals surface area contributed by atoms with Gasteiger partial charge in [0.1, 0.15) is 5.82 Å². The third kappa shape index (κ3) is 4.51. The van der Waals surface area contributed by atoms with Crippen LogP contribution in [0.25, 0.3) is 22.2 Å². The maximum absolute atomic E-state index is 5.76. The predicted octanol–water partition coefficient (Wildman–Crippen LogP) is 4.78. The highest BCUT2D eigenvalue weighted by Gasteiger charge is 2.08. The minimum absolute atomic E-state index is 0.382. The van der Waals surface area contributed by atoms with Gasteiger partial charge in [0.05, 0.1) is 23.4 Å². The first-order valence-electron chi connectivity index (χ1n) is 9.57. The molecule has 0 radical (unpaired) electrons. The average molecular weight is 408 g/mol. The van der Waals surface area contributed by atoms with Crippen molar-refractivity contribution in [2.75, 3.05) is 11.2 Å². The van der Waals surface area contributed by atoms with Crippen LogP contribution in [0, 0.1) is 0 Å². The number of hydrogen-bond acceptors (Lipinski definition) is 6. The quantitative estimate of drug-likeness (QED) is 0.444. The molecule has 0 bridgehead atoms. The van der Waals surface area contributed by atoms with Crippen molar-refractivity contribution in [3.05, 3.63) is 54.6 Å². The smallest absolute Gasteiger partial charge is 0.154 e. The number of nitrogens with zero attached hydrogens (tertiary/aromatic N) is 6. The molecule has 4 aromatic rings. The van der Waals surface area contributed by atoms with Crippen molar-refractivity contribution in [2.24, 2.45) is 0 Å². The maximum Gasteiger partial charge on any atom is 0.154 e. The molecule has 0 aliphatic rings. The summed E-state index contributed by atoms with van der Waals surface area (Å²) in [6, 6.07) is 7.85. The van der Waals surface area contributed by atoms with E-state index >= 15 is 0 Å². The number of rotatable bonds is 7. The summed E-state index contributed by atoms with van der Waals surface area (Å²) in [7, 11) is 0. The molecule has 4 aromatic heterocycles. The number of hydrogen-bond donors (Lipinski definition) is 1. The van der Waals surface area contributed by atoms with E-state index in [1.54, 1.807) is 6.20 Å². The fourth-order valence-corrected chi connectivity index (χ4v) is 3.10. The van der Waals surface area contributed by atoms with Gasteiger partial charge in [0.2, 0.25) is 0 Å². The molecule has 0 saturated carbocycles. The Kier molecular flexibility index (Phi) is 5.67. The van der Waals surface area contributed by atoms with Crippen LogP contribution in [0.4, 0.5) is 11.6 Å². The molecule has 4 rings (SSSR count). The summed E-state index contributed by atoms with van der Waals surface area (Å²) in [5.74, 6) is 2.38. The van der Waals surface area contributed by atoms with Gasteiger partial charge in [-0.05, 0) is 42.2 Å². The van der Waals surface area contributed by atoms with E-state index in [1.165, 1.54) is 0 Å². The van der Waals surface area contributed by atoms with Crippen LogP contribution in [0.5, 0.6) is 0 Å². The van der Waals surface area contributed by atoms with Crippen LogP contribution in [-0.4, -0.2) is 35.8 Å². The van der Waals surface area contributed by atoms with Gasteiger partial charge in [-0.2, -0.15) is 10.2 Å². The highest BCUT2D eigenvalue weighted by atomic mass is 35.5. The summed E-state index contributed by atoms with van der Waals surface area (Å²) in [5.41, 5.74) is 4.73. The van der Waals surface area contributed by atoms with E-state index in [0.717, 1.165) is 40.7 Å². The van der Waals surface area contributed by atoms with Crippen molar-refractivity contribution in [2.45, 2.75) is 32.7 Å². The molecule has 8 heteroatoms. The van der Waals surface area contributed by atoms with Crippen molar-refractivity contribution >= 4 is 34.3 Å². The highest BCUT2D eigenvalue weighted by molar-refractivity contribution is 6.17. The van der Waals surface area contributed by atoms with E-state index in [0.29, 0.717) is 23.4 Å². The summed E-state index contributed by atoms with van der Waals surface area (Å²) >= 11 is 5.76. The van der Waals surface area contributed by atoms with Crippen LogP contribution in [0.2, 0.25) is 0 Å². The summed E-state index contributed by atoms with van der Waals surface area (Å²) in [6.07, 6.45) is 8.36. The van der Waals surface area contributed by atoms with Crippen molar-refractivity contribution in [1.29, 1.82) is 0 Å². The lowest BCUT2D eigenvalue weighted by Gasteiger charge is -2.09. The van der Waals surface area contributed by atoms with Gasteiger partial charge in [-0.3, -0.25) is 9.67 Å². The molecule has 4 heterocycles. The van der Waals surface area contributed by atoms with E-state index in [4.69, 9.17) is 16.6 Å². The number of alkyl halides is 1. The van der Waals surface area contributed by atoms with Crippen LogP contribution >= 0.6 is 11.6 Å². The number of halogens is 1. The van der Waals surface area contributed by atoms with Gasteiger partial charge in [0.15, 0.2) is 5.82 Å². The Hall–Kier alpha value is -3.06. The molecule has 0 amide bonds. The Labute approximate surface area is 174 Å². The van der Waals surface area contributed by atoms with E-state index in [2.05, 4.69) is 39.4 Å².